The lowest BCUT2D eigenvalue weighted by Gasteiger charge is -2.05. The van der Waals surface area contributed by atoms with Crippen molar-refractivity contribution in [3.05, 3.63) is 58.1 Å². The molecule has 0 unspecified atom stereocenters. The summed E-state index contributed by atoms with van der Waals surface area (Å²) in [4.78, 5) is 34.7. The third kappa shape index (κ3) is 3.56. The van der Waals surface area contributed by atoms with Crippen molar-refractivity contribution >= 4 is 17.4 Å². The summed E-state index contributed by atoms with van der Waals surface area (Å²) in [5, 5.41) is 11.9. The van der Waals surface area contributed by atoms with Gasteiger partial charge in [0.2, 0.25) is 17.0 Å². The van der Waals surface area contributed by atoms with Gasteiger partial charge >= 0.3 is 0 Å². The largest absolute Gasteiger partial charge is 0.502 e. The summed E-state index contributed by atoms with van der Waals surface area (Å²) in [6.07, 6.45) is 0.572. The number of ketones is 1. The number of aromatic hydroxyl groups is 1. The molecule has 2 rings (SSSR count). The SMILES string of the molecule is Cc1ccc(NC(=O)C(=O)Cc2occc(=O)c2O)cc1. The minimum atomic E-state index is -0.843. The van der Waals surface area contributed by atoms with Crippen molar-refractivity contribution in [1.29, 1.82) is 0 Å². The Morgan fingerprint density at radius 2 is 1.86 bits per heavy atom. The molecule has 0 saturated carbocycles. The van der Waals surface area contributed by atoms with E-state index in [4.69, 9.17) is 4.42 Å². The van der Waals surface area contributed by atoms with Crippen LogP contribution in [0.25, 0.3) is 0 Å². The number of anilines is 1. The molecular weight excluding hydrogens is 274 g/mol. The summed E-state index contributed by atoms with van der Waals surface area (Å²) in [6, 6.07) is 7.95. The summed E-state index contributed by atoms with van der Waals surface area (Å²) in [7, 11) is 0. The van der Waals surface area contributed by atoms with Crippen molar-refractivity contribution in [3.8, 4) is 5.75 Å². The van der Waals surface area contributed by atoms with Crippen LogP contribution < -0.4 is 10.7 Å². The molecule has 108 valence electrons. The van der Waals surface area contributed by atoms with E-state index < -0.39 is 29.3 Å². The molecule has 0 spiro atoms. The zero-order valence-electron chi connectivity index (χ0n) is 11.3. The molecule has 1 amide bonds. The van der Waals surface area contributed by atoms with Gasteiger partial charge in [-0.15, -0.1) is 0 Å². The molecule has 0 saturated heterocycles. The highest BCUT2D eigenvalue weighted by atomic mass is 16.4. The Bertz CT molecular complexity index is 730. The van der Waals surface area contributed by atoms with Crippen molar-refractivity contribution < 1.29 is 19.1 Å². The van der Waals surface area contributed by atoms with E-state index >= 15 is 0 Å². The van der Waals surface area contributed by atoms with Gasteiger partial charge in [0.05, 0.1) is 12.7 Å². The van der Waals surface area contributed by atoms with E-state index in [1.165, 1.54) is 0 Å². The number of benzene rings is 1. The Balaban J connectivity index is 2.06. The first-order valence-corrected chi connectivity index (χ1v) is 6.18. The van der Waals surface area contributed by atoms with Crippen LogP contribution in [0.1, 0.15) is 11.3 Å². The van der Waals surface area contributed by atoms with Crippen LogP contribution in [0.3, 0.4) is 0 Å². The fraction of sp³-hybridized carbons (Fsp3) is 0.133. The third-order valence-electron chi connectivity index (χ3n) is 2.81. The van der Waals surface area contributed by atoms with Gasteiger partial charge in [0, 0.05) is 11.8 Å². The average Bonchev–Trinajstić information content (AvgIpc) is 2.46. The number of rotatable bonds is 4. The fourth-order valence-electron chi connectivity index (χ4n) is 1.64. The van der Waals surface area contributed by atoms with Gasteiger partial charge in [-0.05, 0) is 19.1 Å². The van der Waals surface area contributed by atoms with Crippen LogP contribution in [-0.2, 0) is 16.0 Å². The molecule has 0 atom stereocenters. The van der Waals surface area contributed by atoms with Crippen LogP contribution in [0.5, 0.6) is 5.75 Å². The van der Waals surface area contributed by atoms with Gasteiger partial charge < -0.3 is 14.8 Å². The van der Waals surface area contributed by atoms with Gasteiger partial charge in [0.25, 0.3) is 5.91 Å². The highest BCUT2D eigenvalue weighted by molar-refractivity contribution is 6.41. The smallest absolute Gasteiger partial charge is 0.292 e. The monoisotopic (exact) mass is 287 g/mol. The first-order valence-electron chi connectivity index (χ1n) is 6.18. The highest BCUT2D eigenvalue weighted by Crippen LogP contribution is 2.13. The fourth-order valence-corrected chi connectivity index (χ4v) is 1.64. The standard InChI is InChI=1S/C15H13NO5/c1-9-2-4-10(5-3-9)16-15(20)12(18)8-13-14(19)11(17)6-7-21-13/h2-7,19H,8H2,1H3,(H,16,20). The first kappa shape index (κ1) is 14.5. The van der Waals surface area contributed by atoms with E-state index in [1.54, 1.807) is 24.3 Å². The maximum absolute atomic E-state index is 11.8. The van der Waals surface area contributed by atoms with Crippen molar-refractivity contribution in [3.63, 3.8) is 0 Å². The molecule has 0 radical (unpaired) electrons. The van der Waals surface area contributed by atoms with E-state index in [1.807, 2.05) is 6.92 Å². The van der Waals surface area contributed by atoms with Gasteiger partial charge in [-0.2, -0.15) is 0 Å². The number of amides is 1. The molecule has 2 aromatic rings. The summed E-state index contributed by atoms with van der Waals surface area (Å²) >= 11 is 0. The molecule has 1 heterocycles. The van der Waals surface area contributed by atoms with E-state index in [0.717, 1.165) is 17.9 Å². The summed E-state index contributed by atoms with van der Waals surface area (Å²) < 4.78 is 4.87. The predicted molar refractivity (Wildman–Crippen MR) is 75.2 cm³/mol. The van der Waals surface area contributed by atoms with Crippen LogP contribution in [-0.4, -0.2) is 16.8 Å². The number of nitrogens with one attached hydrogen (secondary N) is 1. The minimum absolute atomic E-state index is 0.230. The van der Waals surface area contributed by atoms with Crippen molar-refractivity contribution in [2.75, 3.05) is 5.32 Å². The topological polar surface area (TPSA) is 96.6 Å². The normalized spacial score (nSPS) is 10.1. The van der Waals surface area contributed by atoms with Gasteiger partial charge in [-0.25, -0.2) is 0 Å². The molecule has 6 heteroatoms. The second-order valence-corrected chi connectivity index (χ2v) is 4.48. The number of carbonyl (C=O) groups is 2. The quantitative estimate of drug-likeness (QED) is 0.829. The Labute approximate surface area is 120 Å². The van der Waals surface area contributed by atoms with E-state index in [9.17, 15) is 19.5 Å². The molecule has 2 N–H and O–H groups in total. The van der Waals surface area contributed by atoms with Crippen LogP contribution in [0.2, 0.25) is 0 Å². The maximum atomic E-state index is 11.8. The van der Waals surface area contributed by atoms with Crippen molar-refractivity contribution in [1.82, 2.24) is 0 Å². The molecule has 1 aromatic heterocycles. The van der Waals surface area contributed by atoms with E-state index in [-0.39, 0.29) is 5.76 Å². The lowest BCUT2D eigenvalue weighted by Crippen LogP contribution is -2.24. The van der Waals surface area contributed by atoms with Crippen LogP contribution in [0.4, 0.5) is 5.69 Å². The molecule has 0 aliphatic rings. The van der Waals surface area contributed by atoms with Gasteiger partial charge in [0.1, 0.15) is 0 Å². The number of hydrogen-bond acceptors (Lipinski definition) is 5. The van der Waals surface area contributed by atoms with E-state index in [0.29, 0.717) is 5.69 Å². The lowest BCUT2D eigenvalue weighted by molar-refractivity contribution is -0.134. The molecule has 0 fully saturated rings. The van der Waals surface area contributed by atoms with Crippen molar-refractivity contribution in [2.24, 2.45) is 0 Å². The Morgan fingerprint density at radius 3 is 2.52 bits per heavy atom. The summed E-state index contributed by atoms with van der Waals surface area (Å²) in [5.41, 5.74) is 0.844. The van der Waals surface area contributed by atoms with Crippen LogP contribution in [0, 0.1) is 6.92 Å². The van der Waals surface area contributed by atoms with Crippen LogP contribution in [0.15, 0.2) is 45.8 Å². The number of carbonyl (C=O) groups excluding carboxylic acids is 2. The van der Waals surface area contributed by atoms with E-state index in [2.05, 4.69) is 5.32 Å². The van der Waals surface area contributed by atoms with Crippen LogP contribution >= 0.6 is 0 Å². The predicted octanol–water partition coefficient (Wildman–Crippen LogP) is 1.40. The molecule has 0 aliphatic heterocycles. The van der Waals surface area contributed by atoms with Gasteiger partial charge in [-0.3, -0.25) is 14.4 Å². The summed E-state index contributed by atoms with van der Waals surface area (Å²) in [6.45, 7) is 1.90. The first-order chi connectivity index (χ1) is 9.97. The van der Waals surface area contributed by atoms with Gasteiger partial charge in [0.15, 0.2) is 5.76 Å². The Morgan fingerprint density at radius 1 is 1.19 bits per heavy atom. The number of hydrogen-bond donors (Lipinski definition) is 2. The zero-order valence-corrected chi connectivity index (χ0v) is 11.3. The molecular formula is C15H13NO5. The maximum Gasteiger partial charge on any atom is 0.292 e. The Kier molecular flexibility index (Phi) is 4.18. The number of Topliss-reactive ketones (excluding diaryl/α,β-unsaturated/α-hetero) is 1. The molecule has 0 bridgehead atoms. The molecule has 21 heavy (non-hydrogen) atoms. The Hall–Kier alpha value is -2.89. The summed E-state index contributed by atoms with van der Waals surface area (Å²) in [5.74, 6) is -2.55. The molecule has 0 aliphatic carbocycles. The second-order valence-electron chi connectivity index (χ2n) is 4.48. The molecule has 6 nitrogen and oxygen atoms in total. The highest BCUT2D eigenvalue weighted by Gasteiger charge is 2.19. The number of aryl methyl sites for hydroxylation is 1. The molecule has 1 aromatic carbocycles. The average molecular weight is 287 g/mol. The second kappa shape index (κ2) is 6.04. The van der Waals surface area contributed by atoms with Gasteiger partial charge in [-0.1, -0.05) is 17.7 Å². The lowest BCUT2D eigenvalue weighted by atomic mass is 10.2. The van der Waals surface area contributed by atoms with Crippen molar-refractivity contribution in [2.45, 2.75) is 13.3 Å². The minimum Gasteiger partial charge on any atom is -0.502 e. The third-order valence-corrected chi connectivity index (χ3v) is 2.81. The zero-order chi connectivity index (χ0) is 15.4.